The summed E-state index contributed by atoms with van der Waals surface area (Å²) in [4.78, 5) is 25.4. The highest BCUT2D eigenvalue weighted by molar-refractivity contribution is 6.15. The summed E-state index contributed by atoms with van der Waals surface area (Å²) in [6.07, 6.45) is 2.50. The van der Waals surface area contributed by atoms with Gasteiger partial charge in [0.05, 0.1) is 12.2 Å². The summed E-state index contributed by atoms with van der Waals surface area (Å²) in [6.45, 7) is 5.70. The minimum Gasteiger partial charge on any atom is -0.379 e. The Morgan fingerprint density at radius 1 is 1.04 bits per heavy atom. The molecule has 0 aliphatic heterocycles. The van der Waals surface area contributed by atoms with Crippen molar-refractivity contribution < 1.29 is 14.3 Å². The molecule has 1 aliphatic rings. The van der Waals surface area contributed by atoms with Gasteiger partial charge in [0.25, 0.3) is 5.91 Å². The van der Waals surface area contributed by atoms with Crippen LogP contribution in [0.5, 0.6) is 0 Å². The van der Waals surface area contributed by atoms with E-state index in [1.165, 1.54) is 12.8 Å². The zero-order chi connectivity index (χ0) is 18.5. The van der Waals surface area contributed by atoms with E-state index in [-0.39, 0.29) is 11.7 Å². The molecule has 26 heavy (non-hydrogen) atoms. The quantitative estimate of drug-likeness (QED) is 0.583. The second-order valence-electron chi connectivity index (χ2n) is 6.95. The molecule has 0 heterocycles. The standard InChI is InChI=1S/C22H25NO3/c1-15-7-10-18(13-16(15)2)21(24)19-5-3-4-6-20(19)22(25)23-11-12-26-14-17-8-9-17/h3-7,10,13,17H,8-9,11-12,14H2,1-2H3,(H,23,25). The van der Waals surface area contributed by atoms with Crippen LogP contribution in [0.2, 0.25) is 0 Å². The van der Waals surface area contributed by atoms with Crippen LogP contribution in [-0.4, -0.2) is 31.4 Å². The zero-order valence-electron chi connectivity index (χ0n) is 15.4. The fourth-order valence-corrected chi connectivity index (χ4v) is 2.78. The lowest BCUT2D eigenvalue weighted by Gasteiger charge is -2.11. The van der Waals surface area contributed by atoms with Crippen molar-refractivity contribution in [1.82, 2.24) is 5.32 Å². The minimum absolute atomic E-state index is 0.135. The fourth-order valence-electron chi connectivity index (χ4n) is 2.78. The summed E-state index contributed by atoms with van der Waals surface area (Å²) in [5.74, 6) is 0.332. The number of ether oxygens (including phenoxy) is 1. The van der Waals surface area contributed by atoms with Crippen LogP contribution < -0.4 is 5.32 Å². The van der Waals surface area contributed by atoms with E-state index in [2.05, 4.69) is 5.32 Å². The van der Waals surface area contributed by atoms with Gasteiger partial charge in [0.15, 0.2) is 5.78 Å². The lowest BCUT2D eigenvalue weighted by molar-refractivity contribution is 0.0899. The van der Waals surface area contributed by atoms with Gasteiger partial charge in [-0.3, -0.25) is 9.59 Å². The third kappa shape index (κ3) is 4.58. The number of amides is 1. The molecule has 1 fully saturated rings. The summed E-state index contributed by atoms with van der Waals surface area (Å²) in [6, 6.07) is 12.6. The van der Waals surface area contributed by atoms with Gasteiger partial charge in [-0.05, 0) is 55.9 Å². The van der Waals surface area contributed by atoms with Gasteiger partial charge >= 0.3 is 0 Å². The van der Waals surface area contributed by atoms with E-state index in [1.807, 2.05) is 32.0 Å². The molecule has 0 bridgehead atoms. The molecule has 4 nitrogen and oxygen atoms in total. The zero-order valence-corrected chi connectivity index (χ0v) is 15.4. The van der Waals surface area contributed by atoms with E-state index >= 15 is 0 Å². The first-order valence-electron chi connectivity index (χ1n) is 9.13. The van der Waals surface area contributed by atoms with Gasteiger partial charge in [-0.25, -0.2) is 0 Å². The Labute approximate surface area is 154 Å². The van der Waals surface area contributed by atoms with Crippen LogP contribution in [-0.2, 0) is 4.74 Å². The normalized spacial score (nSPS) is 13.5. The van der Waals surface area contributed by atoms with E-state index < -0.39 is 0 Å². The van der Waals surface area contributed by atoms with Gasteiger partial charge in [0.1, 0.15) is 0 Å². The van der Waals surface area contributed by atoms with E-state index in [1.54, 1.807) is 24.3 Å². The second-order valence-corrected chi connectivity index (χ2v) is 6.95. The van der Waals surface area contributed by atoms with Crippen LogP contribution in [0.25, 0.3) is 0 Å². The van der Waals surface area contributed by atoms with Gasteiger partial charge in [-0.2, -0.15) is 0 Å². The van der Waals surface area contributed by atoms with Crippen molar-refractivity contribution in [2.75, 3.05) is 19.8 Å². The maximum Gasteiger partial charge on any atom is 0.252 e. The third-order valence-electron chi connectivity index (χ3n) is 4.77. The number of rotatable bonds is 8. The Kier molecular flexibility index (Phi) is 5.84. The molecule has 3 rings (SSSR count). The molecule has 0 atom stereocenters. The molecule has 136 valence electrons. The van der Waals surface area contributed by atoms with E-state index in [0.29, 0.717) is 35.8 Å². The van der Waals surface area contributed by atoms with Gasteiger partial charge in [-0.1, -0.05) is 30.3 Å². The number of benzene rings is 2. The molecule has 0 spiro atoms. The fraction of sp³-hybridized carbons (Fsp3) is 0.364. The van der Waals surface area contributed by atoms with Crippen molar-refractivity contribution in [2.24, 2.45) is 5.92 Å². The van der Waals surface area contributed by atoms with E-state index in [9.17, 15) is 9.59 Å². The summed E-state index contributed by atoms with van der Waals surface area (Å²) in [5.41, 5.74) is 3.62. The Balaban J connectivity index is 1.67. The lowest BCUT2D eigenvalue weighted by atomic mass is 9.95. The summed E-state index contributed by atoms with van der Waals surface area (Å²) < 4.78 is 5.53. The lowest BCUT2D eigenvalue weighted by Crippen LogP contribution is -2.29. The molecular formula is C22H25NO3. The van der Waals surface area contributed by atoms with Gasteiger partial charge in [-0.15, -0.1) is 0 Å². The van der Waals surface area contributed by atoms with Crippen molar-refractivity contribution in [3.05, 3.63) is 70.3 Å². The number of ketones is 1. The van der Waals surface area contributed by atoms with Crippen LogP contribution >= 0.6 is 0 Å². The Hall–Kier alpha value is -2.46. The third-order valence-corrected chi connectivity index (χ3v) is 4.77. The molecule has 0 radical (unpaired) electrons. The molecule has 0 saturated heterocycles. The molecule has 0 aromatic heterocycles. The molecule has 1 aliphatic carbocycles. The molecule has 2 aromatic rings. The first kappa shape index (κ1) is 18.3. The molecule has 2 aromatic carbocycles. The number of aryl methyl sites for hydroxylation is 2. The number of carbonyl (C=O) groups excluding carboxylic acids is 2. The number of nitrogens with one attached hydrogen (secondary N) is 1. The maximum atomic E-state index is 12.9. The first-order valence-corrected chi connectivity index (χ1v) is 9.13. The van der Waals surface area contributed by atoms with Crippen LogP contribution in [0.3, 0.4) is 0 Å². The number of hydrogen-bond donors (Lipinski definition) is 1. The summed E-state index contributed by atoms with van der Waals surface area (Å²) >= 11 is 0. The highest BCUT2D eigenvalue weighted by atomic mass is 16.5. The maximum absolute atomic E-state index is 12.9. The molecular weight excluding hydrogens is 326 g/mol. The van der Waals surface area contributed by atoms with Crippen molar-refractivity contribution in [3.8, 4) is 0 Å². The van der Waals surface area contributed by atoms with E-state index in [0.717, 1.165) is 17.7 Å². The smallest absolute Gasteiger partial charge is 0.252 e. The summed E-state index contributed by atoms with van der Waals surface area (Å²) in [7, 11) is 0. The van der Waals surface area contributed by atoms with Crippen molar-refractivity contribution >= 4 is 11.7 Å². The monoisotopic (exact) mass is 351 g/mol. The second kappa shape index (κ2) is 8.28. The molecule has 1 N–H and O–H groups in total. The molecule has 1 saturated carbocycles. The molecule has 1 amide bonds. The van der Waals surface area contributed by atoms with Gasteiger partial charge < -0.3 is 10.1 Å². The average molecular weight is 351 g/mol. The first-order chi connectivity index (χ1) is 12.6. The SMILES string of the molecule is Cc1ccc(C(=O)c2ccccc2C(=O)NCCOCC2CC2)cc1C. The van der Waals surface area contributed by atoms with Crippen LogP contribution in [0.15, 0.2) is 42.5 Å². The Bertz CT molecular complexity index is 809. The predicted molar refractivity (Wildman–Crippen MR) is 102 cm³/mol. The van der Waals surface area contributed by atoms with Crippen LogP contribution in [0.1, 0.15) is 50.2 Å². The minimum atomic E-state index is -0.243. The van der Waals surface area contributed by atoms with Crippen molar-refractivity contribution in [2.45, 2.75) is 26.7 Å². The predicted octanol–water partition coefficient (Wildman–Crippen LogP) is 3.69. The summed E-state index contributed by atoms with van der Waals surface area (Å²) in [5, 5.41) is 2.84. The van der Waals surface area contributed by atoms with Crippen LogP contribution in [0.4, 0.5) is 0 Å². The topological polar surface area (TPSA) is 55.4 Å². The largest absolute Gasteiger partial charge is 0.379 e. The Morgan fingerprint density at radius 3 is 2.46 bits per heavy atom. The van der Waals surface area contributed by atoms with Gasteiger partial charge in [0.2, 0.25) is 0 Å². The van der Waals surface area contributed by atoms with Crippen molar-refractivity contribution in [3.63, 3.8) is 0 Å². The number of carbonyl (C=O) groups is 2. The Morgan fingerprint density at radius 2 is 1.77 bits per heavy atom. The van der Waals surface area contributed by atoms with Crippen molar-refractivity contribution in [1.29, 1.82) is 0 Å². The van der Waals surface area contributed by atoms with Crippen LogP contribution in [0, 0.1) is 19.8 Å². The molecule has 0 unspecified atom stereocenters. The highest BCUT2D eigenvalue weighted by Gasteiger charge is 2.21. The average Bonchev–Trinajstić information content (AvgIpc) is 3.47. The highest BCUT2D eigenvalue weighted by Crippen LogP contribution is 2.28. The number of hydrogen-bond acceptors (Lipinski definition) is 3. The van der Waals surface area contributed by atoms with E-state index in [4.69, 9.17) is 4.74 Å². The molecule has 4 heteroatoms. The van der Waals surface area contributed by atoms with Gasteiger partial charge in [0, 0.05) is 24.3 Å².